The number of carbonyl (C=O) groups excluding carboxylic acids is 1. The highest BCUT2D eigenvalue weighted by Crippen LogP contribution is 2.41. The molecule has 0 aromatic heterocycles. The fourth-order valence-corrected chi connectivity index (χ4v) is 3.90. The van der Waals surface area contributed by atoms with Gasteiger partial charge >= 0.3 is 12.0 Å². The highest BCUT2D eigenvalue weighted by Gasteiger charge is 2.51. The third-order valence-corrected chi connectivity index (χ3v) is 5.11. The van der Waals surface area contributed by atoms with Gasteiger partial charge in [-0.1, -0.05) is 0 Å². The van der Waals surface area contributed by atoms with E-state index in [1.165, 1.54) is 0 Å². The maximum Gasteiger partial charge on any atom is 0.318 e. The smallest absolute Gasteiger partial charge is 0.318 e. The zero-order valence-corrected chi connectivity index (χ0v) is 11.7. The van der Waals surface area contributed by atoms with Gasteiger partial charge in [0.2, 0.25) is 0 Å². The third-order valence-electron chi connectivity index (χ3n) is 5.11. The predicted octanol–water partition coefficient (Wildman–Crippen LogP) is 1.06. The van der Waals surface area contributed by atoms with Crippen LogP contribution in [0.5, 0.6) is 0 Å². The molecule has 6 heteroatoms. The van der Waals surface area contributed by atoms with Crippen molar-refractivity contribution in [2.45, 2.75) is 50.7 Å². The van der Waals surface area contributed by atoms with E-state index < -0.39 is 5.97 Å². The van der Waals surface area contributed by atoms with Gasteiger partial charge in [-0.2, -0.15) is 0 Å². The molecule has 3 heterocycles. The highest BCUT2D eigenvalue weighted by molar-refractivity contribution is 5.79. The number of urea groups is 1. The topological polar surface area (TPSA) is 78.9 Å². The van der Waals surface area contributed by atoms with Crippen molar-refractivity contribution in [3.8, 4) is 0 Å². The fraction of sp³-hybridized carbons (Fsp3) is 0.857. The summed E-state index contributed by atoms with van der Waals surface area (Å²) >= 11 is 0. The van der Waals surface area contributed by atoms with Gasteiger partial charge in [-0.3, -0.25) is 4.79 Å². The molecule has 3 aliphatic heterocycles. The van der Waals surface area contributed by atoms with Crippen molar-refractivity contribution in [1.82, 2.24) is 10.2 Å². The van der Waals surface area contributed by atoms with E-state index in [-0.39, 0.29) is 30.1 Å². The summed E-state index contributed by atoms with van der Waals surface area (Å²) in [5.41, 5.74) is 0. The van der Waals surface area contributed by atoms with E-state index in [0.29, 0.717) is 18.9 Å². The number of carboxylic acid groups (broad SMARTS) is 1. The molecule has 2 bridgehead atoms. The molecule has 0 aromatic carbocycles. The molecule has 2 N–H and O–H groups in total. The molecule has 0 saturated carbocycles. The van der Waals surface area contributed by atoms with Crippen LogP contribution in [-0.2, 0) is 9.53 Å². The van der Waals surface area contributed by atoms with Gasteiger partial charge in [0, 0.05) is 30.7 Å². The lowest BCUT2D eigenvalue weighted by Crippen LogP contribution is -2.49. The average Bonchev–Trinajstić information content (AvgIpc) is 3.13. The van der Waals surface area contributed by atoms with Gasteiger partial charge in [-0.15, -0.1) is 0 Å². The Kier molecular flexibility index (Phi) is 3.58. The van der Waals surface area contributed by atoms with Gasteiger partial charge in [0.25, 0.3) is 0 Å². The number of nitrogens with zero attached hydrogens (tertiary/aromatic N) is 1. The summed E-state index contributed by atoms with van der Waals surface area (Å²) in [7, 11) is 0. The number of hydrogen-bond acceptors (Lipinski definition) is 3. The minimum Gasteiger partial charge on any atom is -0.481 e. The van der Waals surface area contributed by atoms with Crippen LogP contribution in [0, 0.1) is 11.8 Å². The second kappa shape index (κ2) is 5.24. The quantitative estimate of drug-likeness (QED) is 0.811. The van der Waals surface area contributed by atoms with Crippen LogP contribution in [0.1, 0.15) is 32.6 Å². The van der Waals surface area contributed by atoms with Gasteiger partial charge < -0.3 is 20.1 Å². The highest BCUT2D eigenvalue weighted by atomic mass is 16.5. The van der Waals surface area contributed by atoms with Crippen LogP contribution in [0.2, 0.25) is 0 Å². The monoisotopic (exact) mass is 282 g/mol. The molecular weight excluding hydrogens is 260 g/mol. The Balaban J connectivity index is 1.61. The van der Waals surface area contributed by atoms with Crippen LogP contribution in [-0.4, -0.2) is 53.3 Å². The fourth-order valence-electron chi connectivity index (χ4n) is 3.90. The van der Waals surface area contributed by atoms with Crippen molar-refractivity contribution in [3.63, 3.8) is 0 Å². The van der Waals surface area contributed by atoms with Crippen LogP contribution < -0.4 is 5.32 Å². The van der Waals surface area contributed by atoms with E-state index in [1.54, 1.807) is 4.90 Å². The Morgan fingerprint density at radius 3 is 2.75 bits per heavy atom. The molecule has 20 heavy (non-hydrogen) atoms. The van der Waals surface area contributed by atoms with Crippen LogP contribution in [0.15, 0.2) is 0 Å². The van der Waals surface area contributed by atoms with Gasteiger partial charge in [-0.05, 0) is 32.6 Å². The molecule has 2 amide bonds. The van der Waals surface area contributed by atoms with E-state index in [1.807, 2.05) is 6.92 Å². The number of hydrogen-bond donors (Lipinski definition) is 2. The lowest BCUT2D eigenvalue weighted by molar-refractivity contribution is -0.142. The molecule has 0 aromatic rings. The van der Waals surface area contributed by atoms with Gasteiger partial charge in [0.1, 0.15) is 0 Å². The number of amides is 2. The van der Waals surface area contributed by atoms with Crippen LogP contribution in [0.4, 0.5) is 4.79 Å². The second-order valence-electron chi connectivity index (χ2n) is 6.25. The van der Waals surface area contributed by atoms with Crippen molar-refractivity contribution in [3.05, 3.63) is 0 Å². The number of aliphatic carboxylic acids is 1. The molecule has 3 aliphatic rings. The Morgan fingerprint density at radius 1 is 1.35 bits per heavy atom. The van der Waals surface area contributed by atoms with E-state index in [9.17, 15) is 14.7 Å². The Bertz CT molecular complexity index is 408. The van der Waals surface area contributed by atoms with Crippen molar-refractivity contribution in [2.24, 2.45) is 11.8 Å². The molecule has 3 saturated heterocycles. The first kappa shape index (κ1) is 13.7. The summed E-state index contributed by atoms with van der Waals surface area (Å²) in [5, 5.41) is 12.3. The zero-order valence-electron chi connectivity index (χ0n) is 11.7. The number of fused-ring (bicyclic) bond motifs is 2. The standard InChI is InChI=1S/C14H22N2O4/c1-8(9-4-5-20-7-9)15-14(19)16-10-2-3-12(16)11(6-10)13(17)18/h8-12H,2-7H2,1H3,(H,15,19)(H,17,18). The first-order chi connectivity index (χ1) is 9.58. The van der Waals surface area contributed by atoms with Gasteiger partial charge in [0.15, 0.2) is 0 Å². The van der Waals surface area contributed by atoms with Crippen LogP contribution in [0.25, 0.3) is 0 Å². The first-order valence-electron chi connectivity index (χ1n) is 7.47. The minimum atomic E-state index is -0.771. The lowest BCUT2D eigenvalue weighted by Gasteiger charge is -2.27. The molecule has 5 atom stereocenters. The summed E-state index contributed by atoms with van der Waals surface area (Å²) < 4.78 is 5.35. The van der Waals surface area contributed by atoms with E-state index in [0.717, 1.165) is 25.9 Å². The van der Waals surface area contributed by atoms with Crippen molar-refractivity contribution < 1.29 is 19.4 Å². The summed E-state index contributed by atoms with van der Waals surface area (Å²) in [4.78, 5) is 25.4. The number of carboxylic acids is 1. The largest absolute Gasteiger partial charge is 0.481 e. The number of carbonyl (C=O) groups is 2. The number of rotatable bonds is 3. The second-order valence-corrected chi connectivity index (χ2v) is 6.25. The molecule has 0 radical (unpaired) electrons. The van der Waals surface area contributed by atoms with Gasteiger partial charge in [-0.25, -0.2) is 4.79 Å². The minimum absolute atomic E-state index is 0.0771. The Morgan fingerprint density at radius 2 is 2.15 bits per heavy atom. The lowest BCUT2D eigenvalue weighted by atomic mass is 9.89. The van der Waals surface area contributed by atoms with Gasteiger partial charge in [0.05, 0.1) is 12.5 Å². The Hall–Kier alpha value is -1.30. The van der Waals surface area contributed by atoms with Crippen molar-refractivity contribution in [1.29, 1.82) is 0 Å². The molecule has 3 fully saturated rings. The SMILES string of the molecule is CC(NC(=O)N1C2CCC1C(C(=O)O)C2)C1CCOC1. The molecule has 5 unspecified atom stereocenters. The van der Waals surface area contributed by atoms with E-state index in [2.05, 4.69) is 5.32 Å². The molecule has 3 rings (SSSR count). The molecule has 6 nitrogen and oxygen atoms in total. The summed E-state index contributed by atoms with van der Waals surface area (Å²) in [5.74, 6) is -0.786. The summed E-state index contributed by atoms with van der Waals surface area (Å²) in [6, 6.07) is -0.0356. The summed E-state index contributed by atoms with van der Waals surface area (Å²) in [6.45, 7) is 3.47. The maximum atomic E-state index is 12.4. The van der Waals surface area contributed by atoms with E-state index in [4.69, 9.17) is 4.74 Å². The molecule has 0 spiro atoms. The maximum absolute atomic E-state index is 12.4. The molecule has 0 aliphatic carbocycles. The summed E-state index contributed by atoms with van der Waals surface area (Å²) in [6.07, 6.45) is 3.33. The zero-order chi connectivity index (χ0) is 14.3. The molecule has 112 valence electrons. The first-order valence-corrected chi connectivity index (χ1v) is 7.47. The third kappa shape index (κ3) is 2.26. The van der Waals surface area contributed by atoms with E-state index >= 15 is 0 Å². The number of ether oxygens (including phenoxy) is 1. The number of nitrogens with one attached hydrogen (secondary N) is 1. The van der Waals surface area contributed by atoms with Crippen molar-refractivity contribution in [2.75, 3.05) is 13.2 Å². The molecular formula is C14H22N2O4. The average molecular weight is 282 g/mol. The van der Waals surface area contributed by atoms with Crippen LogP contribution in [0.3, 0.4) is 0 Å². The van der Waals surface area contributed by atoms with Crippen LogP contribution >= 0.6 is 0 Å². The predicted molar refractivity (Wildman–Crippen MR) is 71.3 cm³/mol. The van der Waals surface area contributed by atoms with Crippen molar-refractivity contribution >= 4 is 12.0 Å². The normalized spacial score (nSPS) is 37.1. The Labute approximate surface area is 118 Å².